The van der Waals surface area contributed by atoms with Crippen LogP contribution in [0.2, 0.25) is 0 Å². The molecule has 0 aliphatic rings. The maximum Gasteiger partial charge on any atom is 0.304 e. The molecule has 0 aromatic carbocycles. The third-order valence-electron chi connectivity index (χ3n) is 1.18. The molecular formula is C8H11NO3S2. The van der Waals surface area contributed by atoms with E-state index in [1.807, 2.05) is 18.2 Å². The SMILES string of the molecule is O.O=C(O)CCSSc1ccccn1. The molecule has 3 N–H and O–H groups in total. The lowest BCUT2D eigenvalue weighted by Crippen LogP contribution is -1.94. The van der Waals surface area contributed by atoms with E-state index >= 15 is 0 Å². The van der Waals surface area contributed by atoms with Gasteiger partial charge in [0.25, 0.3) is 0 Å². The van der Waals surface area contributed by atoms with Crippen LogP contribution in [0.15, 0.2) is 29.4 Å². The molecule has 0 bridgehead atoms. The molecule has 1 heterocycles. The zero-order chi connectivity index (χ0) is 9.52. The summed E-state index contributed by atoms with van der Waals surface area (Å²) in [5.74, 6) is -0.148. The Bertz CT molecular complexity index is 269. The molecule has 0 saturated carbocycles. The molecule has 0 aliphatic carbocycles. The van der Waals surface area contributed by atoms with Crippen LogP contribution in [0, 0.1) is 0 Å². The Morgan fingerprint density at radius 1 is 1.50 bits per heavy atom. The molecule has 1 aromatic rings. The van der Waals surface area contributed by atoms with E-state index in [4.69, 9.17) is 5.11 Å². The summed E-state index contributed by atoms with van der Waals surface area (Å²) in [4.78, 5) is 14.3. The zero-order valence-electron chi connectivity index (χ0n) is 7.34. The van der Waals surface area contributed by atoms with Crippen molar-refractivity contribution in [3.05, 3.63) is 24.4 Å². The standard InChI is InChI=1S/C8H9NO2S2.H2O/c10-8(11)4-6-12-13-7-3-1-2-5-9-7;/h1-3,5H,4,6H2,(H,10,11);1H2. The lowest BCUT2D eigenvalue weighted by molar-refractivity contribution is -0.136. The predicted octanol–water partition coefficient (Wildman–Crippen LogP) is 1.47. The summed E-state index contributed by atoms with van der Waals surface area (Å²) in [7, 11) is 3.01. The van der Waals surface area contributed by atoms with Gasteiger partial charge in [-0.2, -0.15) is 0 Å². The Balaban J connectivity index is 0.00000169. The van der Waals surface area contributed by atoms with Crippen LogP contribution in [-0.4, -0.2) is 27.3 Å². The number of rotatable bonds is 5. The van der Waals surface area contributed by atoms with Crippen molar-refractivity contribution in [1.82, 2.24) is 4.98 Å². The molecule has 14 heavy (non-hydrogen) atoms. The molecule has 0 spiro atoms. The maximum atomic E-state index is 10.2. The number of carbonyl (C=O) groups is 1. The van der Waals surface area contributed by atoms with E-state index in [0.29, 0.717) is 5.75 Å². The van der Waals surface area contributed by atoms with Gasteiger partial charge < -0.3 is 10.6 Å². The summed E-state index contributed by atoms with van der Waals surface area (Å²) < 4.78 is 0. The van der Waals surface area contributed by atoms with E-state index < -0.39 is 5.97 Å². The van der Waals surface area contributed by atoms with E-state index in [1.165, 1.54) is 21.6 Å². The first-order chi connectivity index (χ1) is 6.29. The van der Waals surface area contributed by atoms with Crippen LogP contribution in [0.5, 0.6) is 0 Å². The van der Waals surface area contributed by atoms with Gasteiger partial charge in [0.2, 0.25) is 0 Å². The molecule has 0 aliphatic heterocycles. The van der Waals surface area contributed by atoms with Gasteiger partial charge in [0.05, 0.1) is 6.42 Å². The Morgan fingerprint density at radius 3 is 2.86 bits per heavy atom. The van der Waals surface area contributed by atoms with Crippen molar-refractivity contribution in [2.24, 2.45) is 0 Å². The quantitative estimate of drug-likeness (QED) is 0.615. The second kappa shape index (κ2) is 7.66. The highest BCUT2D eigenvalue weighted by atomic mass is 33.1. The summed E-state index contributed by atoms with van der Waals surface area (Å²) in [6.07, 6.45) is 1.92. The summed E-state index contributed by atoms with van der Waals surface area (Å²) in [6.45, 7) is 0. The first-order valence-electron chi connectivity index (χ1n) is 3.71. The Morgan fingerprint density at radius 2 is 2.29 bits per heavy atom. The molecule has 0 unspecified atom stereocenters. The van der Waals surface area contributed by atoms with E-state index in [1.54, 1.807) is 6.20 Å². The van der Waals surface area contributed by atoms with Crippen LogP contribution >= 0.6 is 21.6 Å². The van der Waals surface area contributed by atoms with Gasteiger partial charge in [-0.1, -0.05) is 16.9 Å². The average Bonchev–Trinajstić information content (AvgIpc) is 2.14. The number of aliphatic carboxylic acids is 1. The van der Waals surface area contributed by atoms with Crippen LogP contribution in [0.4, 0.5) is 0 Å². The smallest absolute Gasteiger partial charge is 0.304 e. The summed E-state index contributed by atoms with van der Waals surface area (Å²) in [5, 5.41) is 9.29. The van der Waals surface area contributed by atoms with E-state index in [-0.39, 0.29) is 11.9 Å². The lowest BCUT2D eigenvalue weighted by atomic mass is 10.5. The van der Waals surface area contributed by atoms with Crippen molar-refractivity contribution in [3.63, 3.8) is 0 Å². The van der Waals surface area contributed by atoms with Crippen molar-refractivity contribution in [2.45, 2.75) is 11.4 Å². The average molecular weight is 233 g/mol. The van der Waals surface area contributed by atoms with Gasteiger partial charge in [0, 0.05) is 11.9 Å². The number of aromatic nitrogens is 1. The summed E-state index contributed by atoms with van der Waals surface area (Å²) in [5.41, 5.74) is 0. The van der Waals surface area contributed by atoms with Crippen LogP contribution in [0.25, 0.3) is 0 Å². The molecule has 0 fully saturated rings. The normalized spacial score (nSPS) is 9.14. The monoisotopic (exact) mass is 233 g/mol. The van der Waals surface area contributed by atoms with Crippen molar-refractivity contribution >= 4 is 27.6 Å². The fraction of sp³-hybridized carbons (Fsp3) is 0.250. The predicted molar refractivity (Wildman–Crippen MR) is 58.4 cm³/mol. The highest BCUT2D eigenvalue weighted by Crippen LogP contribution is 2.29. The van der Waals surface area contributed by atoms with Crippen LogP contribution in [-0.2, 0) is 4.79 Å². The number of hydrogen-bond acceptors (Lipinski definition) is 4. The lowest BCUT2D eigenvalue weighted by Gasteiger charge is -1.97. The van der Waals surface area contributed by atoms with Crippen LogP contribution in [0.1, 0.15) is 6.42 Å². The van der Waals surface area contributed by atoms with Crippen LogP contribution < -0.4 is 0 Å². The topological polar surface area (TPSA) is 81.7 Å². The maximum absolute atomic E-state index is 10.2. The van der Waals surface area contributed by atoms with E-state index in [0.717, 1.165) is 5.03 Å². The fourth-order valence-corrected chi connectivity index (χ4v) is 2.49. The molecular weight excluding hydrogens is 222 g/mol. The third kappa shape index (κ3) is 5.85. The summed E-state index contributed by atoms with van der Waals surface area (Å²) >= 11 is 0. The van der Waals surface area contributed by atoms with Gasteiger partial charge in [-0.05, 0) is 22.9 Å². The van der Waals surface area contributed by atoms with Gasteiger partial charge in [-0.15, -0.1) is 0 Å². The van der Waals surface area contributed by atoms with Crippen molar-refractivity contribution in [1.29, 1.82) is 0 Å². The van der Waals surface area contributed by atoms with Gasteiger partial charge in [0.15, 0.2) is 0 Å². The molecule has 4 nitrogen and oxygen atoms in total. The first-order valence-corrected chi connectivity index (χ1v) is 6.03. The van der Waals surface area contributed by atoms with Crippen molar-refractivity contribution in [2.75, 3.05) is 5.75 Å². The fourth-order valence-electron chi connectivity index (χ4n) is 0.627. The largest absolute Gasteiger partial charge is 0.481 e. The molecule has 6 heteroatoms. The zero-order valence-corrected chi connectivity index (χ0v) is 8.98. The van der Waals surface area contributed by atoms with Gasteiger partial charge in [-0.3, -0.25) is 4.79 Å². The minimum absolute atomic E-state index is 0. The van der Waals surface area contributed by atoms with E-state index in [2.05, 4.69) is 4.98 Å². The Labute approximate surface area is 89.8 Å². The third-order valence-corrected chi connectivity index (χ3v) is 3.45. The number of hydrogen-bond donors (Lipinski definition) is 1. The highest BCUT2D eigenvalue weighted by molar-refractivity contribution is 8.76. The van der Waals surface area contributed by atoms with E-state index in [9.17, 15) is 4.79 Å². The number of carboxylic acids is 1. The molecule has 0 atom stereocenters. The van der Waals surface area contributed by atoms with Crippen LogP contribution in [0.3, 0.4) is 0 Å². The molecule has 0 saturated heterocycles. The molecule has 1 rings (SSSR count). The summed E-state index contributed by atoms with van der Waals surface area (Å²) in [6, 6.07) is 5.66. The second-order valence-electron chi connectivity index (χ2n) is 2.22. The number of nitrogens with zero attached hydrogens (tertiary/aromatic N) is 1. The Kier molecular flexibility index (Phi) is 7.27. The van der Waals surface area contributed by atoms with Crippen molar-refractivity contribution in [3.8, 4) is 0 Å². The molecule has 78 valence electrons. The minimum Gasteiger partial charge on any atom is -0.481 e. The Hall–Kier alpha value is -0.720. The van der Waals surface area contributed by atoms with Gasteiger partial charge in [0.1, 0.15) is 5.03 Å². The minimum atomic E-state index is -0.755. The number of pyridine rings is 1. The van der Waals surface area contributed by atoms with Gasteiger partial charge >= 0.3 is 5.97 Å². The first kappa shape index (κ1) is 13.3. The van der Waals surface area contributed by atoms with Gasteiger partial charge in [-0.25, -0.2) is 4.98 Å². The molecule has 1 aromatic heterocycles. The molecule has 0 amide bonds. The van der Waals surface area contributed by atoms with Crippen molar-refractivity contribution < 1.29 is 15.4 Å². The second-order valence-corrected chi connectivity index (χ2v) is 4.65. The number of carboxylic acid groups (broad SMARTS) is 1. The molecule has 0 radical (unpaired) electrons. The highest BCUT2D eigenvalue weighted by Gasteiger charge is 1.98.